The molecule has 0 saturated heterocycles. The first-order chi connectivity index (χ1) is 7.17. The van der Waals surface area contributed by atoms with Crippen molar-refractivity contribution in [2.75, 3.05) is 20.3 Å². The first-order valence-corrected chi connectivity index (χ1v) is 5.63. The van der Waals surface area contributed by atoms with Gasteiger partial charge in [0.25, 0.3) is 0 Å². The molecule has 0 saturated carbocycles. The minimum Gasteiger partial charge on any atom is -0.497 e. The molecule has 0 bridgehead atoms. The Bertz CT molecular complexity index is 317. The lowest BCUT2D eigenvalue weighted by Gasteiger charge is -2.12. The maximum Gasteiger partial charge on any atom is 0.133 e. The van der Waals surface area contributed by atoms with Gasteiger partial charge in [-0.15, -0.1) is 0 Å². The van der Waals surface area contributed by atoms with Crippen molar-refractivity contribution >= 4 is 15.9 Å². The minimum atomic E-state index is 0.360. The molecular formula is C11H16BrNO2. The number of rotatable bonds is 5. The first-order valence-electron chi connectivity index (χ1n) is 4.83. The zero-order chi connectivity index (χ0) is 11.3. The molecule has 0 heterocycles. The summed E-state index contributed by atoms with van der Waals surface area (Å²) in [5.41, 5.74) is 5.51. The van der Waals surface area contributed by atoms with Gasteiger partial charge in [0.2, 0.25) is 0 Å². The van der Waals surface area contributed by atoms with E-state index in [4.69, 9.17) is 15.2 Å². The normalized spacial score (nSPS) is 12.3. The maximum atomic E-state index is 5.61. The van der Waals surface area contributed by atoms with Crippen molar-refractivity contribution in [3.63, 3.8) is 0 Å². The van der Waals surface area contributed by atoms with Crippen molar-refractivity contribution < 1.29 is 9.47 Å². The smallest absolute Gasteiger partial charge is 0.133 e. The standard InChI is InChI=1S/C11H16BrNO2/c1-8(6-13)7-15-11-4-3-9(14-2)5-10(11)12/h3-5,8H,6-7,13H2,1-2H3. The highest BCUT2D eigenvalue weighted by atomic mass is 79.9. The molecule has 4 heteroatoms. The number of benzene rings is 1. The fraction of sp³-hybridized carbons (Fsp3) is 0.455. The number of nitrogens with two attached hydrogens (primary N) is 1. The van der Waals surface area contributed by atoms with E-state index in [0.717, 1.165) is 16.0 Å². The monoisotopic (exact) mass is 273 g/mol. The molecule has 1 aromatic carbocycles. The molecule has 0 amide bonds. The average Bonchev–Trinajstić information content (AvgIpc) is 2.26. The largest absolute Gasteiger partial charge is 0.497 e. The van der Waals surface area contributed by atoms with Crippen molar-refractivity contribution in [2.24, 2.45) is 11.7 Å². The molecule has 1 unspecified atom stereocenters. The van der Waals surface area contributed by atoms with Crippen LogP contribution in [0.1, 0.15) is 6.92 Å². The highest BCUT2D eigenvalue weighted by Crippen LogP contribution is 2.29. The van der Waals surface area contributed by atoms with Crippen LogP contribution in [0.25, 0.3) is 0 Å². The summed E-state index contributed by atoms with van der Waals surface area (Å²) in [4.78, 5) is 0. The number of hydrogen-bond donors (Lipinski definition) is 1. The molecule has 3 nitrogen and oxygen atoms in total. The molecule has 0 aromatic heterocycles. The zero-order valence-corrected chi connectivity index (χ0v) is 10.6. The van der Waals surface area contributed by atoms with E-state index >= 15 is 0 Å². The van der Waals surface area contributed by atoms with Crippen LogP contribution in [-0.4, -0.2) is 20.3 Å². The predicted octanol–water partition coefficient (Wildman–Crippen LogP) is 2.43. The van der Waals surface area contributed by atoms with E-state index in [-0.39, 0.29) is 0 Å². The van der Waals surface area contributed by atoms with E-state index in [1.54, 1.807) is 7.11 Å². The Morgan fingerprint density at radius 1 is 1.47 bits per heavy atom. The van der Waals surface area contributed by atoms with E-state index < -0.39 is 0 Å². The fourth-order valence-electron chi connectivity index (χ4n) is 1.03. The van der Waals surface area contributed by atoms with E-state index in [1.165, 1.54) is 0 Å². The van der Waals surface area contributed by atoms with Gasteiger partial charge in [-0.05, 0) is 40.7 Å². The minimum absolute atomic E-state index is 0.360. The number of halogens is 1. The fourth-order valence-corrected chi connectivity index (χ4v) is 1.50. The van der Waals surface area contributed by atoms with Crippen LogP contribution in [0.2, 0.25) is 0 Å². The Kier molecular flexibility index (Phi) is 4.91. The van der Waals surface area contributed by atoms with Crippen LogP contribution < -0.4 is 15.2 Å². The summed E-state index contributed by atoms with van der Waals surface area (Å²) >= 11 is 3.42. The van der Waals surface area contributed by atoms with Gasteiger partial charge in [0.05, 0.1) is 18.2 Å². The lowest BCUT2D eigenvalue weighted by atomic mass is 10.2. The average molecular weight is 274 g/mol. The van der Waals surface area contributed by atoms with E-state index in [1.807, 2.05) is 18.2 Å². The van der Waals surface area contributed by atoms with E-state index in [9.17, 15) is 0 Å². The molecule has 15 heavy (non-hydrogen) atoms. The van der Waals surface area contributed by atoms with Crippen LogP contribution in [0, 0.1) is 5.92 Å². The van der Waals surface area contributed by atoms with Crippen molar-refractivity contribution in [1.29, 1.82) is 0 Å². The second kappa shape index (κ2) is 5.98. The lowest BCUT2D eigenvalue weighted by molar-refractivity contribution is 0.262. The van der Waals surface area contributed by atoms with Crippen LogP contribution >= 0.6 is 15.9 Å². The van der Waals surface area contributed by atoms with Crippen molar-refractivity contribution in [3.8, 4) is 11.5 Å². The molecule has 0 aliphatic carbocycles. The summed E-state index contributed by atoms with van der Waals surface area (Å²) in [6.07, 6.45) is 0. The Morgan fingerprint density at radius 3 is 2.73 bits per heavy atom. The molecule has 1 atom stereocenters. The molecule has 0 aliphatic rings. The third-order valence-electron chi connectivity index (χ3n) is 2.06. The second-order valence-electron chi connectivity index (χ2n) is 3.45. The highest BCUT2D eigenvalue weighted by Gasteiger charge is 2.05. The van der Waals surface area contributed by atoms with Gasteiger partial charge in [0, 0.05) is 5.92 Å². The van der Waals surface area contributed by atoms with Gasteiger partial charge in [0.15, 0.2) is 0 Å². The van der Waals surface area contributed by atoms with Crippen LogP contribution in [0.15, 0.2) is 22.7 Å². The van der Waals surface area contributed by atoms with Crippen LogP contribution in [0.3, 0.4) is 0 Å². The predicted molar refractivity (Wildman–Crippen MR) is 64.4 cm³/mol. The summed E-state index contributed by atoms with van der Waals surface area (Å²) in [5, 5.41) is 0. The summed E-state index contributed by atoms with van der Waals surface area (Å²) in [5.74, 6) is 1.98. The Morgan fingerprint density at radius 2 is 2.20 bits per heavy atom. The van der Waals surface area contributed by atoms with Gasteiger partial charge in [0.1, 0.15) is 11.5 Å². The third kappa shape index (κ3) is 3.72. The molecule has 0 aliphatic heterocycles. The Hall–Kier alpha value is -0.740. The molecule has 84 valence electrons. The van der Waals surface area contributed by atoms with E-state index in [0.29, 0.717) is 19.1 Å². The Balaban J connectivity index is 2.62. The topological polar surface area (TPSA) is 44.5 Å². The summed E-state index contributed by atoms with van der Waals surface area (Å²) in [6.45, 7) is 3.31. The van der Waals surface area contributed by atoms with Crippen molar-refractivity contribution in [1.82, 2.24) is 0 Å². The number of ether oxygens (including phenoxy) is 2. The second-order valence-corrected chi connectivity index (χ2v) is 4.30. The Labute approximate surface area is 98.7 Å². The molecule has 0 fully saturated rings. The molecule has 0 spiro atoms. The van der Waals surface area contributed by atoms with Crippen molar-refractivity contribution in [2.45, 2.75) is 6.92 Å². The van der Waals surface area contributed by atoms with Gasteiger partial charge in [-0.1, -0.05) is 6.92 Å². The summed E-state index contributed by atoms with van der Waals surface area (Å²) < 4.78 is 11.6. The third-order valence-corrected chi connectivity index (χ3v) is 2.68. The van der Waals surface area contributed by atoms with Crippen LogP contribution in [-0.2, 0) is 0 Å². The van der Waals surface area contributed by atoms with Gasteiger partial charge in [-0.2, -0.15) is 0 Å². The maximum absolute atomic E-state index is 5.61. The molecule has 1 rings (SSSR count). The van der Waals surface area contributed by atoms with Gasteiger partial charge >= 0.3 is 0 Å². The van der Waals surface area contributed by atoms with Crippen molar-refractivity contribution in [3.05, 3.63) is 22.7 Å². The quantitative estimate of drug-likeness (QED) is 0.896. The molecule has 0 radical (unpaired) electrons. The van der Waals surface area contributed by atoms with Gasteiger partial charge in [-0.25, -0.2) is 0 Å². The number of hydrogen-bond acceptors (Lipinski definition) is 3. The number of methoxy groups -OCH3 is 1. The molecule has 2 N–H and O–H groups in total. The van der Waals surface area contributed by atoms with Crippen LogP contribution in [0.4, 0.5) is 0 Å². The first kappa shape index (κ1) is 12.3. The molecular weight excluding hydrogens is 258 g/mol. The summed E-state index contributed by atoms with van der Waals surface area (Å²) in [7, 11) is 1.64. The summed E-state index contributed by atoms with van der Waals surface area (Å²) in [6, 6.07) is 5.63. The lowest BCUT2D eigenvalue weighted by Crippen LogP contribution is -2.18. The van der Waals surface area contributed by atoms with Crippen LogP contribution in [0.5, 0.6) is 11.5 Å². The van der Waals surface area contributed by atoms with E-state index in [2.05, 4.69) is 22.9 Å². The SMILES string of the molecule is COc1ccc(OCC(C)CN)c(Br)c1. The zero-order valence-electron chi connectivity index (χ0n) is 9.00. The highest BCUT2D eigenvalue weighted by molar-refractivity contribution is 9.10. The molecule has 1 aromatic rings. The van der Waals surface area contributed by atoms with Gasteiger partial charge < -0.3 is 15.2 Å². The van der Waals surface area contributed by atoms with Gasteiger partial charge in [-0.3, -0.25) is 0 Å².